The summed E-state index contributed by atoms with van der Waals surface area (Å²) in [5.74, 6) is 0. The van der Waals surface area contributed by atoms with Crippen molar-refractivity contribution in [1.29, 1.82) is 0 Å². The summed E-state index contributed by atoms with van der Waals surface area (Å²) in [6.07, 6.45) is 0. The van der Waals surface area contributed by atoms with Gasteiger partial charge in [0.15, 0.2) is 0 Å². The van der Waals surface area contributed by atoms with Gasteiger partial charge in [-0.3, -0.25) is 13.6 Å². The van der Waals surface area contributed by atoms with Crippen molar-refractivity contribution in [3.05, 3.63) is 71.8 Å². The SMILES string of the molecule is COCCOP(=O)(OCc1ccccc1)OCc1ccccc1. The monoisotopic (exact) mass is 336 g/mol. The van der Waals surface area contributed by atoms with Crippen LogP contribution < -0.4 is 0 Å². The summed E-state index contributed by atoms with van der Waals surface area (Å²) in [5.41, 5.74) is 1.79. The van der Waals surface area contributed by atoms with E-state index in [0.717, 1.165) is 11.1 Å². The summed E-state index contributed by atoms with van der Waals surface area (Å²) in [4.78, 5) is 0. The second-order valence-electron chi connectivity index (χ2n) is 4.79. The first kappa shape index (κ1) is 17.9. The lowest BCUT2D eigenvalue weighted by molar-refractivity contribution is 0.0765. The molecule has 0 heterocycles. The quantitative estimate of drug-likeness (QED) is 0.481. The molecule has 0 atom stereocenters. The van der Waals surface area contributed by atoms with Crippen LogP contribution in [-0.4, -0.2) is 20.3 Å². The zero-order valence-corrected chi connectivity index (χ0v) is 14.0. The van der Waals surface area contributed by atoms with Crippen molar-refractivity contribution >= 4 is 7.82 Å². The molecule has 0 aliphatic carbocycles. The predicted octanol–water partition coefficient (Wildman–Crippen LogP) is 4.19. The van der Waals surface area contributed by atoms with Crippen LogP contribution in [-0.2, 0) is 36.1 Å². The van der Waals surface area contributed by atoms with Gasteiger partial charge in [-0.15, -0.1) is 0 Å². The van der Waals surface area contributed by atoms with Crippen LogP contribution in [0.25, 0.3) is 0 Å². The minimum absolute atomic E-state index is 0.136. The number of hydrogen-bond acceptors (Lipinski definition) is 5. The molecule has 0 saturated heterocycles. The van der Waals surface area contributed by atoms with E-state index in [1.54, 1.807) is 7.11 Å². The number of ether oxygens (including phenoxy) is 1. The summed E-state index contributed by atoms with van der Waals surface area (Å²) in [7, 11) is -2.11. The Hall–Kier alpha value is -1.49. The molecule has 0 aliphatic rings. The lowest BCUT2D eigenvalue weighted by Gasteiger charge is -2.18. The van der Waals surface area contributed by atoms with Crippen LogP contribution in [0.4, 0.5) is 0 Å². The van der Waals surface area contributed by atoms with E-state index in [-0.39, 0.29) is 19.8 Å². The molecule has 5 nitrogen and oxygen atoms in total. The van der Waals surface area contributed by atoms with Gasteiger partial charge in [0.1, 0.15) is 0 Å². The first-order valence-corrected chi connectivity index (χ1v) is 8.78. The van der Waals surface area contributed by atoms with E-state index in [4.69, 9.17) is 18.3 Å². The number of phosphoric acid groups is 1. The fraction of sp³-hybridized carbons (Fsp3) is 0.294. The van der Waals surface area contributed by atoms with Crippen molar-refractivity contribution in [1.82, 2.24) is 0 Å². The average molecular weight is 336 g/mol. The molecule has 2 rings (SSSR count). The predicted molar refractivity (Wildman–Crippen MR) is 87.9 cm³/mol. The van der Waals surface area contributed by atoms with Crippen molar-refractivity contribution in [2.75, 3.05) is 20.3 Å². The summed E-state index contributed by atoms with van der Waals surface area (Å²) < 4.78 is 33.8. The highest BCUT2D eigenvalue weighted by atomic mass is 31.2. The summed E-state index contributed by atoms with van der Waals surface area (Å²) in [5, 5.41) is 0. The van der Waals surface area contributed by atoms with Crippen molar-refractivity contribution in [3.8, 4) is 0 Å². The topological polar surface area (TPSA) is 54.0 Å². The van der Waals surface area contributed by atoms with E-state index < -0.39 is 7.82 Å². The molecule has 0 spiro atoms. The third-order valence-electron chi connectivity index (χ3n) is 3.00. The molecule has 124 valence electrons. The molecule has 0 unspecified atom stereocenters. The van der Waals surface area contributed by atoms with Crippen LogP contribution >= 0.6 is 7.82 Å². The van der Waals surface area contributed by atoms with Gasteiger partial charge in [0, 0.05) is 7.11 Å². The Morgan fingerprint density at radius 1 is 0.739 bits per heavy atom. The van der Waals surface area contributed by atoms with Crippen LogP contribution in [0.3, 0.4) is 0 Å². The van der Waals surface area contributed by atoms with Crippen molar-refractivity contribution < 1.29 is 22.9 Å². The second kappa shape index (κ2) is 9.60. The van der Waals surface area contributed by atoms with Gasteiger partial charge in [0.05, 0.1) is 26.4 Å². The fourth-order valence-electron chi connectivity index (χ4n) is 1.80. The molecule has 2 aromatic rings. The smallest absolute Gasteiger partial charge is 0.382 e. The van der Waals surface area contributed by atoms with Gasteiger partial charge in [-0.25, -0.2) is 4.57 Å². The molecule has 2 aromatic carbocycles. The number of benzene rings is 2. The van der Waals surface area contributed by atoms with Gasteiger partial charge in [-0.2, -0.15) is 0 Å². The van der Waals surface area contributed by atoms with E-state index in [9.17, 15) is 4.57 Å². The fourth-order valence-corrected chi connectivity index (χ4v) is 2.94. The van der Waals surface area contributed by atoms with Crippen LogP contribution in [0.15, 0.2) is 60.7 Å². The molecular formula is C17H21O5P. The third-order valence-corrected chi connectivity index (χ3v) is 4.39. The summed E-state index contributed by atoms with van der Waals surface area (Å²) in [6, 6.07) is 18.9. The number of phosphoric ester groups is 1. The van der Waals surface area contributed by atoms with Crippen molar-refractivity contribution in [3.63, 3.8) is 0 Å². The normalized spacial score (nSPS) is 11.5. The van der Waals surface area contributed by atoms with Gasteiger partial charge >= 0.3 is 7.82 Å². The number of rotatable bonds is 10. The minimum Gasteiger partial charge on any atom is -0.382 e. The number of methoxy groups -OCH3 is 1. The second-order valence-corrected chi connectivity index (χ2v) is 6.46. The standard InChI is InChI=1S/C17H21O5P/c1-19-12-13-20-23(18,21-14-16-8-4-2-5-9-16)22-15-17-10-6-3-7-11-17/h2-11H,12-15H2,1H3. The molecular weight excluding hydrogens is 315 g/mol. The van der Waals surface area contributed by atoms with Crippen molar-refractivity contribution in [2.45, 2.75) is 13.2 Å². The van der Waals surface area contributed by atoms with Gasteiger partial charge in [0.25, 0.3) is 0 Å². The van der Waals surface area contributed by atoms with Gasteiger partial charge < -0.3 is 4.74 Å². The molecule has 0 amide bonds. The molecule has 0 aromatic heterocycles. The molecule has 0 aliphatic heterocycles. The third kappa shape index (κ3) is 6.65. The lowest BCUT2D eigenvalue weighted by atomic mass is 10.2. The van der Waals surface area contributed by atoms with Crippen LogP contribution in [0, 0.1) is 0 Å². The Labute approximate surface area is 136 Å². The van der Waals surface area contributed by atoms with E-state index >= 15 is 0 Å². The van der Waals surface area contributed by atoms with Crippen molar-refractivity contribution in [2.24, 2.45) is 0 Å². The number of hydrogen-bond donors (Lipinski definition) is 0. The van der Waals surface area contributed by atoms with E-state index in [0.29, 0.717) is 6.61 Å². The Balaban J connectivity index is 1.94. The maximum Gasteiger partial charge on any atom is 0.475 e. The van der Waals surface area contributed by atoms with E-state index in [2.05, 4.69) is 0 Å². The highest BCUT2D eigenvalue weighted by Gasteiger charge is 2.26. The van der Waals surface area contributed by atoms with Crippen LogP contribution in [0.5, 0.6) is 0 Å². The molecule has 0 N–H and O–H groups in total. The first-order chi connectivity index (χ1) is 11.2. The van der Waals surface area contributed by atoms with Crippen LogP contribution in [0.1, 0.15) is 11.1 Å². The first-order valence-electron chi connectivity index (χ1n) is 7.32. The van der Waals surface area contributed by atoms with E-state index in [1.165, 1.54) is 0 Å². The Morgan fingerprint density at radius 3 is 1.65 bits per heavy atom. The molecule has 0 fully saturated rings. The summed E-state index contributed by atoms with van der Waals surface area (Å²) >= 11 is 0. The highest BCUT2D eigenvalue weighted by molar-refractivity contribution is 7.48. The largest absolute Gasteiger partial charge is 0.475 e. The van der Waals surface area contributed by atoms with Gasteiger partial charge in [-0.05, 0) is 11.1 Å². The maximum absolute atomic E-state index is 12.7. The molecule has 6 heteroatoms. The Kier molecular flexibility index (Phi) is 7.46. The summed E-state index contributed by atoms with van der Waals surface area (Å²) in [6.45, 7) is 0.754. The van der Waals surface area contributed by atoms with Crippen LogP contribution in [0.2, 0.25) is 0 Å². The average Bonchev–Trinajstić information content (AvgIpc) is 2.61. The molecule has 0 radical (unpaired) electrons. The zero-order valence-electron chi connectivity index (χ0n) is 13.1. The molecule has 0 saturated carbocycles. The minimum atomic E-state index is -3.66. The Bertz CT molecular complexity index is 555. The Morgan fingerprint density at radius 2 is 1.22 bits per heavy atom. The zero-order chi connectivity index (χ0) is 16.4. The highest BCUT2D eigenvalue weighted by Crippen LogP contribution is 2.50. The van der Waals surface area contributed by atoms with E-state index in [1.807, 2.05) is 60.7 Å². The van der Waals surface area contributed by atoms with Gasteiger partial charge in [-0.1, -0.05) is 60.7 Å². The lowest BCUT2D eigenvalue weighted by Crippen LogP contribution is -2.05. The molecule has 23 heavy (non-hydrogen) atoms. The molecule has 0 bridgehead atoms. The maximum atomic E-state index is 12.7. The van der Waals surface area contributed by atoms with Gasteiger partial charge in [0.2, 0.25) is 0 Å².